The van der Waals surface area contributed by atoms with E-state index in [1.54, 1.807) is 0 Å². The van der Waals surface area contributed by atoms with E-state index in [4.69, 9.17) is 0 Å². The Hall–Kier alpha value is -0.840. The SMILES string of the molecule is CCNc1ncc(F)c(SC(C)CC)n1. The fourth-order valence-corrected chi connectivity index (χ4v) is 1.80. The zero-order chi connectivity index (χ0) is 11.3. The molecule has 0 amide bonds. The van der Waals surface area contributed by atoms with Crippen LogP contribution in [0, 0.1) is 5.82 Å². The van der Waals surface area contributed by atoms with Crippen molar-refractivity contribution in [2.75, 3.05) is 11.9 Å². The number of hydrogen-bond donors (Lipinski definition) is 1. The number of rotatable bonds is 5. The molecule has 1 aromatic heterocycles. The number of thioether (sulfide) groups is 1. The highest BCUT2D eigenvalue weighted by atomic mass is 32.2. The van der Waals surface area contributed by atoms with Gasteiger partial charge in [-0.15, -0.1) is 11.8 Å². The average molecular weight is 229 g/mol. The lowest BCUT2D eigenvalue weighted by Gasteiger charge is -2.09. The minimum absolute atomic E-state index is 0.345. The molecule has 0 bridgehead atoms. The first-order valence-electron chi connectivity index (χ1n) is 5.10. The first-order valence-corrected chi connectivity index (χ1v) is 5.98. The Labute approximate surface area is 93.9 Å². The topological polar surface area (TPSA) is 37.8 Å². The molecular weight excluding hydrogens is 213 g/mol. The van der Waals surface area contributed by atoms with Crippen molar-refractivity contribution in [3.05, 3.63) is 12.0 Å². The smallest absolute Gasteiger partial charge is 0.223 e. The van der Waals surface area contributed by atoms with Crippen LogP contribution in [0.1, 0.15) is 27.2 Å². The minimum atomic E-state index is -0.345. The molecule has 0 aliphatic rings. The summed E-state index contributed by atoms with van der Waals surface area (Å²) in [5.74, 6) is 0.145. The van der Waals surface area contributed by atoms with Gasteiger partial charge in [-0.25, -0.2) is 14.4 Å². The fourth-order valence-electron chi connectivity index (χ4n) is 0.951. The number of anilines is 1. The summed E-state index contributed by atoms with van der Waals surface area (Å²) in [5.41, 5.74) is 0. The molecule has 15 heavy (non-hydrogen) atoms. The van der Waals surface area contributed by atoms with Crippen LogP contribution >= 0.6 is 11.8 Å². The summed E-state index contributed by atoms with van der Waals surface area (Å²) < 4.78 is 13.3. The van der Waals surface area contributed by atoms with Crippen molar-refractivity contribution in [2.24, 2.45) is 0 Å². The summed E-state index contributed by atoms with van der Waals surface area (Å²) in [6, 6.07) is 0. The van der Waals surface area contributed by atoms with E-state index in [1.807, 2.05) is 6.92 Å². The lowest BCUT2D eigenvalue weighted by atomic mass is 10.4. The van der Waals surface area contributed by atoms with Crippen molar-refractivity contribution in [3.8, 4) is 0 Å². The predicted octanol–water partition coefficient (Wildman–Crippen LogP) is 2.94. The summed E-state index contributed by atoms with van der Waals surface area (Å²) in [6.07, 6.45) is 2.21. The van der Waals surface area contributed by atoms with E-state index in [0.29, 0.717) is 16.2 Å². The number of aromatic nitrogens is 2. The molecule has 84 valence electrons. The molecule has 0 fully saturated rings. The van der Waals surface area contributed by atoms with Crippen molar-refractivity contribution in [1.82, 2.24) is 9.97 Å². The standard InChI is InChI=1S/C10H16FN3S/c1-4-7(3)15-9-8(11)6-13-10(14-9)12-5-2/h6-7H,4-5H2,1-3H3,(H,12,13,14). The number of halogens is 1. The number of nitrogens with zero attached hydrogens (tertiary/aromatic N) is 2. The second-order valence-electron chi connectivity index (χ2n) is 3.21. The van der Waals surface area contributed by atoms with Crippen molar-refractivity contribution >= 4 is 17.7 Å². The molecule has 0 aliphatic carbocycles. The first kappa shape index (κ1) is 12.2. The van der Waals surface area contributed by atoms with E-state index in [-0.39, 0.29) is 5.82 Å². The molecule has 0 aliphatic heterocycles. The maximum absolute atomic E-state index is 13.3. The Balaban J connectivity index is 2.80. The molecular formula is C10H16FN3S. The summed E-state index contributed by atoms with van der Waals surface area (Å²) >= 11 is 1.44. The monoisotopic (exact) mass is 229 g/mol. The van der Waals surface area contributed by atoms with E-state index in [0.717, 1.165) is 13.0 Å². The molecule has 0 aromatic carbocycles. The quantitative estimate of drug-likeness (QED) is 0.622. The van der Waals surface area contributed by atoms with Crippen LogP contribution in [-0.2, 0) is 0 Å². The Morgan fingerprint density at radius 3 is 2.87 bits per heavy atom. The maximum Gasteiger partial charge on any atom is 0.223 e. The molecule has 1 aromatic rings. The second-order valence-corrected chi connectivity index (χ2v) is 4.64. The first-order chi connectivity index (χ1) is 7.17. The zero-order valence-electron chi connectivity index (χ0n) is 9.25. The van der Waals surface area contributed by atoms with Crippen LogP contribution in [-0.4, -0.2) is 21.8 Å². The molecule has 3 nitrogen and oxygen atoms in total. The van der Waals surface area contributed by atoms with Crippen LogP contribution in [0.15, 0.2) is 11.2 Å². The molecule has 1 atom stereocenters. The lowest BCUT2D eigenvalue weighted by Crippen LogP contribution is -2.05. The highest BCUT2D eigenvalue weighted by molar-refractivity contribution is 7.99. The van der Waals surface area contributed by atoms with Crippen molar-refractivity contribution in [1.29, 1.82) is 0 Å². The summed E-state index contributed by atoms with van der Waals surface area (Å²) in [4.78, 5) is 7.97. The van der Waals surface area contributed by atoms with E-state index in [9.17, 15) is 4.39 Å². The van der Waals surface area contributed by atoms with E-state index >= 15 is 0 Å². The Morgan fingerprint density at radius 1 is 1.53 bits per heavy atom. The van der Waals surface area contributed by atoms with Crippen LogP contribution in [0.3, 0.4) is 0 Å². The van der Waals surface area contributed by atoms with Crippen molar-refractivity contribution in [2.45, 2.75) is 37.5 Å². The molecule has 1 unspecified atom stereocenters. The van der Waals surface area contributed by atoms with Crippen LogP contribution in [0.4, 0.5) is 10.3 Å². The van der Waals surface area contributed by atoms with Gasteiger partial charge in [0.05, 0.1) is 6.20 Å². The van der Waals surface area contributed by atoms with Gasteiger partial charge in [0.25, 0.3) is 0 Å². The molecule has 0 saturated carbocycles. The van der Waals surface area contributed by atoms with Gasteiger partial charge in [-0.05, 0) is 13.3 Å². The third-order valence-electron chi connectivity index (χ3n) is 1.93. The third-order valence-corrected chi connectivity index (χ3v) is 3.18. The van der Waals surface area contributed by atoms with Crippen LogP contribution in [0.2, 0.25) is 0 Å². The van der Waals surface area contributed by atoms with Crippen LogP contribution in [0.5, 0.6) is 0 Å². The van der Waals surface area contributed by atoms with Gasteiger partial charge in [-0.1, -0.05) is 13.8 Å². The summed E-state index contributed by atoms with van der Waals surface area (Å²) in [7, 11) is 0. The van der Waals surface area contributed by atoms with Gasteiger partial charge in [0, 0.05) is 11.8 Å². The predicted molar refractivity (Wildman–Crippen MR) is 61.8 cm³/mol. The highest BCUT2D eigenvalue weighted by Gasteiger charge is 2.10. The third kappa shape index (κ3) is 3.66. The molecule has 1 heterocycles. The summed E-state index contributed by atoms with van der Waals surface area (Å²) in [6.45, 7) is 6.81. The van der Waals surface area contributed by atoms with Gasteiger partial charge in [0.15, 0.2) is 5.82 Å². The fraction of sp³-hybridized carbons (Fsp3) is 0.600. The van der Waals surface area contributed by atoms with Gasteiger partial charge in [0.2, 0.25) is 5.95 Å². The largest absolute Gasteiger partial charge is 0.354 e. The van der Waals surface area contributed by atoms with Crippen LogP contribution < -0.4 is 5.32 Å². The van der Waals surface area contributed by atoms with Gasteiger partial charge in [-0.2, -0.15) is 0 Å². The molecule has 0 saturated heterocycles. The van der Waals surface area contributed by atoms with Gasteiger partial charge >= 0.3 is 0 Å². The van der Waals surface area contributed by atoms with Crippen LogP contribution in [0.25, 0.3) is 0 Å². The lowest BCUT2D eigenvalue weighted by molar-refractivity contribution is 0.579. The van der Waals surface area contributed by atoms with Gasteiger partial charge in [0.1, 0.15) is 5.03 Å². The van der Waals surface area contributed by atoms with Gasteiger partial charge < -0.3 is 5.32 Å². The Morgan fingerprint density at radius 2 is 2.27 bits per heavy atom. The molecule has 1 N–H and O–H groups in total. The van der Waals surface area contributed by atoms with Gasteiger partial charge in [-0.3, -0.25) is 0 Å². The molecule has 0 radical (unpaired) electrons. The maximum atomic E-state index is 13.3. The average Bonchev–Trinajstić information content (AvgIpc) is 2.23. The van der Waals surface area contributed by atoms with Crippen molar-refractivity contribution < 1.29 is 4.39 Å². The molecule has 5 heteroatoms. The Bertz CT molecular complexity index is 320. The van der Waals surface area contributed by atoms with E-state index in [2.05, 4.69) is 29.1 Å². The number of nitrogens with one attached hydrogen (secondary N) is 1. The normalized spacial score (nSPS) is 12.5. The van der Waals surface area contributed by atoms with E-state index < -0.39 is 0 Å². The molecule has 1 rings (SSSR count). The second kappa shape index (κ2) is 5.90. The number of hydrogen-bond acceptors (Lipinski definition) is 4. The van der Waals surface area contributed by atoms with Crippen molar-refractivity contribution in [3.63, 3.8) is 0 Å². The minimum Gasteiger partial charge on any atom is -0.354 e. The molecule has 0 spiro atoms. The Kier molecular flexibility index (Phi) is 4.81. The van der Waals surface area contributed by atoms with E-state index in [1.165, 1.54) is 18.0 Å². The zero-order valence-corrected chi connectivity index (χ0v) is 10.1. The highest BCUT2D eigenvalue weighted by Crippen LogP contribution is 2.25. The summed E-state index contributed by atoms with van der Waals surface area (Å²) in [5, 5.41) is 3.76.